The standard InChI is InChI=1S/C9H12F3N3O3S/c10-9(11,12)19(16,17)15-6-13-8(14-15)5-18-7-3-1-2-4-7/h6-7H,1-5H2. The molecule has 1 fully saturated rings. The number of rotatable bonds is 4. The third-order valence-electron chi connectivity index (χ3n) is 2.81. The normalized spacial score (nSPS) is 18.1. The van der Waals surface area contributed by atoms with Crippen LogP contribution in [0.4, 0.5) is 13.2 Å². The van der Waals surface area contributed by atoms with Gasteiger partial charge in [0.25, 0.3) is 0 Å². The smallest absolute Gasteiger partial charge is 0.370 e. The van der Waals surface area contributed by atoms with Crippen molar-refractivity contribution in [3.05, 3.63) is 12.2 Å². The fourth-order valence-corrected chi connectivity index (χ4v) is 2.40. The molecule has 1 aromatic heterocycles. The fourth-order valence-electron chi connectivity index (χ4n) is 1.82. The van der Waals surface area contributed by atoms with Crippen LogP contribution in [0.3, 0.4) is 0 Å². The Morgan fingerprint density at radius 3 is 2.58 bits per heavy atom. The van der Waals surface area contributed by atoms with Gasteiger partial charge in [-0.3, -0.25) is 0 Å². The van der Waals surface area contributed by atoms with Crippen molar-refractivity contribution in [2.45, 2.75) is 43.9 Å². The maximum absolute atomic E-state index is 12.3. The number of hydrogen-bond donors (Lipinski definition) is 0. The minimum atomic E-state index is -5.51. The molecule has 0 spiro atoms. The molecule has 0 unspecified atom stereocenters. The van der Waals surface area contributed by atoms with Crippen LogP contribution < -0.4 is 0 Å². The summed E-state index contributed by atoms with van der Waals surface area (Å²) in [5, 5.41) is 3.28. The van der Waals surface area contributed by atoms with E-state index in [1.807, 2.05) is 0 Å². The van der Waals surface area contributed by atoms with Crippen LogP contribution >= 0.6 is 0 Å². The quantitative estimate of drug-likeness (QED) is 0.841. The summed E-state index contributed by atoms with van der Waals surface area (Å²) in [5.74, 6) is -0.0836. The van der Waals surface area contributed by atoms with E-state index in [1.54, 1.807) is 0 Å². The zero-order valence-corrected chi connectivity index (χ0v) is 10.6. The van der Waals surface area contributed by atoms with Crippen molar-refractivity contribution in [2.75, 3.05) is 0 Å². The summed E-state index contributed by atoms with van der Waals surface area (Å²) < 4.78 is 64.0. The summed E-state index contributed by atoms with van der Waals surface area (Å²) in [5.41, 5.74) is -5.40. The number of halogens is 3. The van der Waals surface area contributed by atoms with Gasteiger partial charge in [-0.2, -0.15) is 21.6 Å². The third-order valence-corrected chi connectivity index (χ3v) is 4.06. The maximum Gasteiger partial charge on any atom is 0.518 e. The molecule has 0 bridgehead atoms. The van der Waals surface area contributed by atoms with E-state index in [0.29, 0.717) is 6.33 Å². The molecule has 19 heavy (non-hydrogen) atoms. The predicted octanol–water partition coefficient (Wildman–Crippen LogP) is 1.43. The molecule has 108 valence electrons. The Morgan fingerprint density at radius 1 is 1.37 bits per heavy atom. The number of alkyl halides is 3. The Balaban J connectivity index is 2.03. The minimum Gasteiger partial charge on any atom is -0.370 e. The van der Waals surface area contributed by atoms with E-state index >= 15 is 0 Å². The van der Waals surface area contributed by atoms with Gasteiger partial charge in [-0.25, -0.2) is 4.98 Å². The molecule has 0 amide bonds. The second-order valence-electron chi connectivity index (χ2n) is 4.20. The summed E-state index contributed by atoms with van der Waals surface area (Å²) in [6.45, 7) is -0.0922. The molecule has 2 rings (SSSR count). The molecule has 1 heterocycles. The van der Waals surface area contributed by atoms with Crippen LogP contribution in [0.1, 0.15) is 31.5 Å². The van der Waals surface area contributed by atoms with Gasteiger partial charge in [0.2, 0.25) is 0 Å². The second-order valence-corrected chi connectivity index (χ2v) is 5.99. The topological polar surface area (TPSA) is 74.1 Å². The van der Waals surface area contributed by atoms with E-state index in [4.69, 9.17) is 4.74 Å². The Kier molecular flexibility index (Phi) is 3.81. The third kappa shape index (κ3) is 3.06. The molecule has 0 N–H and O–H groups in total. The fraction of sp³-hybridized carbons (Fsp3) is 0.778. The van der Waals surface area contributed by atoms with E-state index in [2.05, 4.69) is 10.1 Å². The van der Waals surface area contributed by atoms with E-state index in [0.717, 1.165) is 25.7 Å². The van der Waals surface area contributed by atoms with Gasteiger partial charge in [0.05, 0.1) is 6.10 Å². The first kappa shape index (κ1) is 14.3. The highest BCUT2D eigenvalue weighted by atomic mass is 32.2. The lowest BCUT2D eigenvalue weighted by atomic mass is 10.3. The zero-order chi connectivity index (χ0) is 14.1. The van der Waals surface area contributed by atoms with Gasteiger partial charge in [-0.1, -0.05) is 12.8 Å². The van der Waals surface area contributed by atoms with Crippen LogP contribution in [0.15, 0.2) is 6.33 Å². The number of hydrogen-bond acceptors (Lipinski definition) is 5. The Bertz CT molecular complexity index is 534. The lowest BCUT2D eigenvalue weighted by Gasteiger charge is -2.08. The molecule has 0 aromatic carbocycles. The molecule has 0 radical (unpaired) electrons. The molecule has 1 aliphatic rings. The van der Waals surface area contributed by atoms with Gasteiger partial charge in [-0.15, -0.1) is 9.19 Å². The summed E-state index contributed by atoms with van der Waals surface area (Å²) in [6, 6.07) is 0. The first-order valence-corrected chi connectivity index (χ1v) is 7.09. The summed E-state index contributed by atoms with van der Waals surface area (Å²) in [7, 11) is -5.51. The van der Waals surface area contributed by atoms with Crippen LogP contribution in [0.25, 0.3) is 0 Å². The van der Waals surface area contributed by atoms with E-state index < -0.39 is 15.5 Å². The first-order valence-electron chi connectivity index (χ1n) is 5.65. The average molecular weight is 299 g/mol. The first-order chi connectivity index (χ1) is 8.80. The number of aromatic nitrogens is 3. The van der Waals surface area contributed by atoms with Gasteiger partial charge >= 0.3 is 15.5 Å². The van der Waals surface area contributed by atoms with Crippen molar-refractivity contribution >= 4 is 10.0 Å². The number of nitrogens with zero attached hydrogens (tertiary/aromatic N) is 3. The second kappa shape index (κ2) is 5.08. The van der Waals surface area contributed by atoms with Crippen LogP contribution in [0.2, 0.25) is 0 Å². The molecule has 10 heteroatoms. The monoisotopic (exact) mass is 299 g/mol. The summed E-state index contributed by atoms with van der Waals surface area (Å²) >= 11 is 0. The maximum atomic E-state index is 12.3. The largest absolute Gasteiger partial charge is 0.518 e. The highest BCUT2D eigenvalue weighted by molar-refractivity contribution is 7.90. The van der Waals surface area contributed by atoms with Gasteiger partial charge in [0.15, 0.2) is 5.82 Å². The lowest BCUT2D eigenvalue weighted by molar-refractivity contribution is -0.0450. The molecule has 1 aliphatic carbocycles. The number of ether oxygens (including phenoxy) is 1. The Labute approximate surface area is 107 Å². The molecular formula is C9H12F3N3O3S. The van der Waals surface area contributed by atoms with Crippen molar-refractivity contribution in [3.63, 3.8) is 0 Å². The van der Waals surface area contributed by atoms with E-state index in [1.165, 1.54) is 0 Å². The molecule has 0 aliphatic heterocycles. The van der Waals surface area contributed by atoms with Crippen molar-refractivity contribution in [1.29, 1.82) is 0 Å². The Morgan fingerprint density at radius 2 is 2.00 bits per heavy atom. The zero-order valence-electron chi connectivity index (χ0n) is 9.80. The highest BCUT2D eigenvalue weighted by Gasteiger charge is 2.48. The average Bonchev–Trinajstić information content (AvgIpc) is 2.96. The molecule has 6 nitrogen and oxygen atoms in total. The molecule has 1 saturated carbocycles. The molecular weight excluding hydrogens is 287 g/mol. The van der Waals surface area contributed by atoms with Crippen LogP contribution in [0.5, 0.6) is 0 Å². The molecule has 0 saturated heterocycles. The highest BCUT2D eigenvalue weighted by Crippen LogP contribution is 2.25. The van der Waals surface area contributed by atoms with Crippen molar-refractivity contribution in [2.24, 2.45) is 0 Å². The van der Waals surface area contributed by atoms with Crippen LogP contribution in [-0.4, -0.2) is 34.2 Å². The summed E-state index contributed by atoms with van der Waals surface area (Å²) in [6.07, 6.45) is 4.45. The van der Waals surface area contributed by atoms with Crippen LogP contribution in [-0.2, 0) is 21.4 Å². The Hall–Kier alpha value is -1.16. The van der Waals surface area contributed by atoms with Crippen LogP contribution in [0, 0.1) is 0 Å². The minimum absolute atomic E-state index is 0.0474. The van der Waals surface area contributed by atoms with E-state index in [9.17, 15) is 21.6 Å². The molecule has 1 aromatic rings. The lowest BCUT2D eigenvalue weighted by Crippen LogP contribution is -2.30. The molecule has 0 atom stereocenters. The SMILES string of the molecule is O=S(=O)(n1cnc(COC2CCCC2)n1)C(F)(F)F. The van der Waals surface area contributed by atoms with Gasteiger partial charge in [0.1, 0.15) is 12.9 Å². The summed E-state index contributed by atoms with van der Waals surface area (Å²) in [4.78, 5) is 3.50. The van der Waals surface area contributed by atoms with Gasteiger partial charge in [0, 0.05) is 0 Å². The van der Waals surface area contributed by atoms with Crippen molar-refractivity contribution in [3.8, 4) is 0 Å². The van der Waals surface area contributed by atoms with E-state index in [-0.39, 0.29) is 22.6 Å². The van der Waals surface area contributed by atoms with Gasteiger partial charge in [-0.05, 0) is 12.8 Å². The van der Waals surface area contributed by atoms with Crippen molar-refractivity contribution < 1.29 is 26.3 Å². The van der Waals surface area contributed by atoms with Gasteiger partial charge < -0.3 is 4.74 Å². The predicted molar refractivity (Wildman–Crippen MR) is 57.4 cm³/mol. The van der Waals surface area contributed by atoms with Crippen molar-refractivity contribution in [1.82, 2.24) is 14.2 Å².